The molecule has 0 radical (unpaired) electrons. The molecule has 156 valence electrons. The first kappa shape index (κ1) is 22.0. The highest BCUT2D eigenvalue weighted by Gasteiger charge is 2.23. The quantitative estimate of drug-likeness (QED) is 0.369. The highest BCUT2D eigenvalue weighted by molar-refractivity contribution is 7.98. The van der Waals surface area contributed by atoms with Crippen LogP contribution in [0.15, 0.2) is 47.8 Å². The maximum absolute atomic E-state index is 9.90. The van der Waals surface area contributed by atoms with E-state index in [2.05, 4.69) is 27.1 Å². The molecular weight excluding hydrogens is 414 g/mol. The summed E-state index contributed by atoms with van der Waals surface area (Å²) in [6.45, 7) is 0.846. The highest BCUT2D eigenvalue weighted by atomic mass is 32.2. The van der Waals surface area contributed by atoms with E-state index in [1.807, 2.05) is 18.2 Å². The van der Waals surface area contributed by atoms with E-state index in [0.29, 0.717) is 41.0 Å². The topological polar surface area (TPSA) is 114 Å². The second-order valence-corrected chi connectivity index (χ2v) is 7.07. The van der Waals surface area contributed by atoms with Gasteiger partial charge in [-0.15, -0.1) is 0 Å². The van der Waals surface area contributed by atoms with E-state index in [1.54, 1.807) is 31.6 Å². The Kier molecular flexibility index (Phi) is 7.77. The molecule has 3 heterocycles. The zero-order chi connectivity index (χ0) is 22.1. The number of thioether (sulfide) groups is 1. The molecule has 0 amide bonds. The van der Waals surface area contributed by atoms with E-state index in [0.717, 1.165) is 5.69 Å². The molecule has 0 saturated carbocycles. The zero-order valence-electron chi connectivity index (χ0n) is 17.0. The van der Waals surface area contributed by atoms with Crippen molar-refractivity contribution >= 4 is 11.8 Å². The Morgan fingerprint density at radius 1 is 1.00 bits per heavy atom. The second-order valence-electron chi connectivity index (χ2n) is 6.10. The normalized spacial score (nSPS) is 10.2. The smallest absolute Gasteiger partial charge is 0.233 e. The highest BCUT2D eigenvalue weighted by Crippen LogP contribution is 2.37. The average Bonchev–Trinajstić information content (AvgIpc) is 2.82. The summed E-state index contributed by atoms with van der Waals surface area (Å²) < 4.78 is 15.8. The molecule has 0 aliphatic heterocycles. The molecule has 9 heteroatoms. The van der Waals surface area contributed by atoms with Crippen LogP contribution in [-0.4, -0.2) is 42.4 Å². The van der Waals surface area contributed by atoms with Crippen molar-refractivity contribution in [3.63, 3.8) is 0 Å². The van der Waals surface area contributed by atoms with Gasteiger partial charge in [0.25, 0.3) is 0 Å². The number of aromatic nitrogens is 3. The first-order valence-corrected chi connectivity index (χ1v) is 10.2. The molecule has 3 aromatic heterocycles. The Bertz CT molecular complexity index is 1110. The van der Waals surface area contributed by atoms with Crippen molar-refractivity contribution in [3.8, 4) is 35.0 Å². The Morgan fingerprint density at radius 3 is 2.45 bits per heavy atom. The van der Waals surface area contributed by atoms with Crippen LogP contribution in [0.5, 0.6) is 11.6 Å². The standard InChI is InChI=1S/C22H19N5O3S/c1-28-9-10-30-16-6-7-19(26-13-16)20-17(11-23)21(29-2)27-22(18(20)12-24)31-14-15-5-3-4-8-25-15/h3-8,13H,9-10,14H2,1-2H3. The fourth-order valence-electron chi connectivity index (χ4n) is 2.74. The SMILES string of the molecule is COCCOc1ccc(-c2c(C#N)c(OC)nc(SCc3ccccn3)c2C#N)nc1. The number of nitriles is 2. The molecule has 3 rings (SSSR count). The van der Waals surface area contributed by atoms with Crippen LogP contribution < -0.4 is 9.47 Å². The van der Waals surface area contributed by atoms with Gasteiger partial charge >= 0.3 is 0 Å². The lowest BCUT2D eigenvalue weighted by atomic mass is 10.0. The number of nitrogens with zero attached hydrogens (tertiary/aromatic N) is 5. The Labute approximate surface area is 184 Å². The summed E-state index contributed by atoms with van der Waals surface area (Å²) in [5.74, 6) is 1.21. The molecule has 0 saturated heterocycles. The van der Waals surface area contributed by atoms with Crippen LogP contribution in [0, 0.1) is 22.7 Å². The van der Waals surface area contributed by atoms with Crippen LogP contribution in [0.3, 0.4) is 0 Å². The van der Waals surface area contributed by atoms with E-state index in [1.165, 1.54) is 18.9 Å². The second kappa shape index (κ2) is 10.9. The summed E-state index contributed by atoms with van der Waals surface area (Å²) in [5, 5.41) is 20.1. The van der Waals surface area contributed by atoms with Crippen molar-refractivity contribution in [2.24, 2.45) is 0 Å². The lowest BCUT2D eigenvalue weighted by Crippen LogP contribution is -2.05. The lowest BCUT2D eigenvalue weighted by Gasteiger charge is -2.14. The van der Waals surface area contributed by atoms with E-state index >= 15 is 0 Å². The summed E-state index contributed by atoms with van der Waals surface area (Å²) >= 11 is 1.35. The maximum atomic E-state index is 9.90. The molecule has 31 heavy (non-hydrogen) atoms. The third-order valence-corrected chi connectivity index (χ3v) is 5.19. The van der Waals surface area contributed by atoms with Crippen molar-refractivity contribution in [2.45, 2.75) is 10.8 Å². The fraction of sp³-hybridized carbons (Fsp3) is 0.227. The molecule has 8 nitrogen and oxygen atoms in total. The molecule has 3 aromatic rings. The molecule has 0 aliphatic carbocycles. The van der Waals surface area contributed by atoms with Crippen LogP contribution in [0.2, 0.25) is 0 Å². The largest absolute Gasteiger partial charge is 0.490 e. The predicted octanol–water partition coefficient (Wildman–Crippen LogP) is 3.61. The van der Waals surface area contributed by atoms with Crippen molar-refractivity contribution < 1.29 is 14.2 Å². The minimum absolute atomic E-state index is 0.141. The lowest BCUT2D eigenvalue weighted by molar-refractivity contribution is 0.146. The third kappa shape index (κ3) is 5.28. The molecule has 0 unspecified atom stereocenters. The number of methoxy groups -OCH3 is 2. The van der Waals surface area contributed by atoms with Crippen molar-refractivity contribution in [2.75, 3.05) is 27.4 Å². The van der Waals surface area contributed by atoms with Gasteiger partial charge in [0.05, 0.1) is 36.9 Å². The molecule has 0 aromatic carbocycles. The van der Waals surface area contributed by atoms with Crippen LogP contribution in [0.25, 0.3) is 11.3 Å². The van der Waals surface area contributed by atoms with E-state index in [4.69, 9.17) is 14.2 Å². The predicted molar refractivity (Wildman–Crippen MR) is 115 cm³/mol. The molecule has 0 N–H and O–H groups in total. The van der Waals surface area contributed by atoms with Gasteiger partial charge < -0.3 is 14.2 Å². The summed E-state index contributed by atoms with van der Waals surface area (Å²) in [6, 6.07) is 13.3. The zero-order valence-corrected chi connectivity index (χ0v) is 17.8. The Hall–Kier alpha value is -3.66. The summed E-state index contributed by atoms with van der Waals surface area (Å²) in [6.07, 6.45) is 3.25. The van der Waals surface area contributed by atoms with Crippen molar-refractivity contribution in [1.82, 2.24) is 15.0 Å². The average molecular weight is 433 g/mol. The van der Waals surface area contributed by atoms with E-state index in [-0.39, 0.29) is 17.0 Å². The van der Waals surface area contributed by atoms with Crippen molar-refractivity contribution in [1.29, 1.82) is 10.5 Å². The molecule has 0 spiro atoms. The fourth-order valence-corrected chi connectivity index (χ4v) is 3.64. The van der Waals surface area contributed by atoms with Crippen LogP contribution in [0.4, 0.5) is 0 Å². The molecule has 0 atom stereocenters. The first-order valence-electron chi connectivity index (χ1n) is 9.24. The summed E-state index contributed by atoms with van der Waals surface area (Å²) in [4.78, 5) is 13.1. The maximum Gasteiger partial charge on any atom is 0.233 e. The van der Waals surface area contributed by atoms with Gasteiger partial charge in [-0.25, -0.2) is 4.98 Å². The number of hydrogen-bond donors (Lipinski definition) is 0. The van der Waals surface area contributed by atoms with Gasteiger partial charge in [-0.2, -0.15) is 10.5 Å². The van der Waals surface area contributed by atoms with Crippen molar-refractivity contribution in [3.05, 3.63) is 59.5 Å². The number of rotatable bonds is 9. The Morgan fingerprint density at radius 2 is 1.84 bits per heavy atom. The molecule has 0 aliphatic rings. The molecular formula is C22H19N5O3S. The van der Waals surface area contributed by atoms with Gasteiger partial charge in [-0.3, -0.25) is 9.97 Å². The van der Waals surface area contributed by atoms with Crippen LogP contribution in [0.1, 0.15) is 16.8 Å². The van der Waals surface area contributed by atoms with Gasteiger partial charge in [-0.1, -0.05) is 17.8 Å². The van der Waals surface area contributed by atoms with Gasteiger partial charge in [0.15, 0.2) is 0 Å². The monoisotopic (exact) mass is 433 g/mol. The molecule has 0 bridgehead atoms. The van der Waals surface area contributed by atoms with E-state index in [9.17, 15) is 10.5 Å². The van der Waals surface area contributed by atoms with Gasteiger partial charge in [0.2, 0.25) is 5.88 Å². The molecule has 0 fully saturated rings. The minimum atomic E-state index is 0.141. The van der Waals surface area contributed by atoms with Gasteiger partial charge in [0.1, 0.15) is 35.1 Å². The van der Waals surface area contributed by atoms with E-state index < -0.39 is 0 Å². The minimum Gasteiger partial charge on any atom is -0.490 e. The van der Waals surface area contributed by atoms with Gasteiger partial charge in [0, 0.05) is 24.6 Å². The van der Waals surface area contributed by atoms with Gasteiger partial charge in [-0.05, 0) is 24.3 Å². The van der Waals surface area contributed by atoms with Crippen LogP contribution in [-0.2, 0) is 10.5 Å². The first-order chi connectivity index (χ1) is 15.2. The summed E-state index contributed by atoms with van der Waals surface area (Å²) in [7, 11) is 3.03. The number of hydrogen-bond acceptors (Lipinski definition) is 9. The number of pyridine rings is 3. The van der Waals surface area contributed by atoms with Crippen LogP contribution >= 0.6 is 11.8 Å². The number of ether oxygens (including phenoxy) is 3. The summed E-state index contributed by atoms with van der Waals surface area (Å²) in [5.41, 5.74) is 2.09. The third-order valence-electron chi connectivity index (χ3n) is 4.18. The Balaban J connectivity index is 2.01.